The SMILES string of the molecule is N=NC1C=CC(N2C[C@H](O)C[C@@H]2c2cccc(F)c2)=CO1. The summed E-state index contributed by atoms with van der Waals surface area (Å²) in [5, 5.41) is 13.2. The molecule has 2 N–H and O–H groups in total. The summed E-state index contributed by atoms with van der Waals surface area (Å²) >= 11 is 0. The van der Waals surface area contributed by atoms with Crippen molar-refractivity contribution >= 4 is 0 Å². The van der Waals surface area contributed by atoms with Crippen LogP contribution < -0.4 is 0 Å². The zero-order valence-corrected chi connectivity index (χ0v) is 11.3. The standard InChI is InChI=1S/C15H16FN3O2/c16-11-3-1-2-10(6-11)14-7-13(20)8-19(14)12-4-5-15(18-17)21-9-12/h1-6,9,13-15,17,20H,7-8H2/t13-,14-,15?/m1/s1. The predicted molar refractivity (Wildman–Crippen MR) is 73.7 cm³/mol. The zero-order chi connectivity index (χ0) is 14.8. The van der Waals surface area contributed by atoms with E-state index in [1.165, 1.54) is 18.4 Å². The van der Waals surface area contributed by atoms with Gasteiger partial charge in [-0.2, -0.15) is 0 Å². The fourth-order valence-corrected chi connectivity index (χ4v) is 2.77. The molecule has 1 aromatic carbocycles. The van der Waals surface area contributed by atoms with Gasteiger partial charge in [0.15, 0.2) is 0 Å². The maximum Gasteiger partial charge on any atom is 0.226 e. The predicted octanol–water partition coefficient (Wildman–Crippen LogP) is 2.72. The summed E-state index contributed by atoms with van der Waals surface area (Å²) in [5.74, 6) is -0.286. The Balaban J connectivity index is 1.85. The molecule has 0 spiro atoms. The Bertz CT molecular complexity index is 602. The van der Waals surface area contributed by atoms with Crippen LogP contribution in [0.15, 0.2) is 53.5 Å². The maximum absolute atomic E-state index is 13.4. The van der Waals surface area contributed by atoms with Gasteiger partial charge in [-0.25, -0.2) is 9.92 Å². The number of aliphatic hydroxyl groups excluding tert-OH is 1. The van der Waals surface area contributed by atoms with Gasteiger partial charge < -0.3 is 14.7 Å². The molecule has 21 heavy (non-hydrogen) atoms. The van der Waals surface area contributed by atoms with Crippen molar-refractivity contribution in [3.05, 3.63) is 59.8 Å². The van der Waals surface area contributed by atoms with E-state index in [4.69, 9.17) is 10.3 Å². The first-order valence-electron chi connectivity index (χ1n) is 6.78. The smallest absolute Gasteiger partial charge is 0.226 e. The Kier molecular flexibility index (Phi) is 3.70. The molecule has 6 heteroatoms. The van der Waals surface area contributed by atoms with Crippen molar-refractivity contribution in [2.45, 2.75) is 24.8 Å². The van der Waals surface area contributed by atoms with E-state index in [0.717, 1.165) is 11.3 Å². The van der Waals surface area contributed by atoms with Gasteiger partial charge in [-0.15, -0.1) is 5.11 Å². The average molecular weight is 289 g/mol. The van der Waals surface area contributed by atoms with Crippen LogP contribution in [0.2, 0.25) is 0 Å². The Labute approximate surface area is 121 Å². The maximum atomic E-state index is 13.4. The molecule has 110 valence electrons. The molecule has 5 nitrogen and oxygen atoms in total. The number of rotatable bonds is 3. The highest BCUT2D eigenvalue weighted by molar-refractivity contribution is 5.28. The molecular weight excluding hydrogens is 273 g/mol. The number of hydrogen-bond acceptors (Lipinski definition) is 5. The molecule has 0 saturated carbocycles. The molecule has 3 atom stereocenters. The molecule has 0 bridgehead atoms. The third-order valence-corrected chi connectivity index (χ3v) is 3.73. The molecule has 2 aliphatic heterocycles. The second-order valence-corrected chi connectivity index (χ2v) is 5.17. The normalized spacial score (nSPS) is 28.2. The summed E-state index contributed by atoms with van der Waals surface area (Å²) in [6, 6.07) is 6.33. The van der Waals surface area contributed by atoms with Gasteiger partial charge in [-0.3, -0.25) is 0 Å². The fourth-order valence-electron chi connectivity index (χ4n) is 2.77. The van der Waals surface area contributed by atoms with E-state index in [1.807, 2.05) is 17.0 Å². The first kappa shape index (κ1) is 13.8. The van der Waals surface area contributed by atoms with Crippen LogP contribution >= 0.6 is 0 Å². The van der Waals surface area contributed by atoms with Crippen molar-refractivity contribution < 1.29 is 14.2 Å². The van der Waals surface area contributed by atoms with Gasteiger partial charge in [0.2, 0.25) is 6.23 Å². The van der Waals surface area contributed by atoms with Crippen molar-refractivity contribution in [2.24, 2.45) is 5.11 Å². The number of likely N-dealkylation sites (tertiary alicyclic amines) is 1. The highest BCUT2D eigenvalue weighted by atomic mass is 19.1. The fraction of sp³-hybridized carbons (Fsp3) is 0.333. The van der Waals surface area contributed by atoms with Crippen LogP contribution in [0.1, 0.15) is 18.0 Å². The minimum absolute atomic E-state index is 0.0975. The van der Waals surface area contributed by atoms with E-state index in [9.17, 15) is 9.50 Å². The molecule has 1 fully saturated rings. The molecule has 0 aromatic heterocycles. The largest absolute Gasteiger partial charge is 0.469 e. The quantitative estimate of drug-likeness (QED) is 0.841. The first-order chi connectivity index (χ1) is 10.2. The van der Waals surface area contributed by atoms with E-state index in [2.05, 4.69) is 5.11 Å². The lowest BCUT2D eigenvalue weighted by Crippen LogP contribution is -2.25. The molecule has 2 aliphatic rings. The number of nitrogens with zero attached hydrogens (tertiary/aromatic N) is 2. The molecule has 1 unspecified atom stereocenters. The van der Waals surface area contributed by atoms with Crippen LogP contribution in [0, 0.1) is 11.3 Å². The Hall–Kier alpha value is -2.21. The second-order valence-electron chi connectivity index (χ2n) is 5.17. The Morgan fingerprint density at radius 1 is 1.43 bits per heavy atom. The summed E-state index contributed by atoms with van der Waals surface area (Å²) < 4.78 is 18.7. The van der Waals surface area contributed by atoms with Gasteiger partial charge in [0.1, 0.15) is 12.1 Å². The zero-order valence-electron chi connectivity index (χ0n) is 11.3. The van der Waals surface area contributed by atoms with Crippen molar-refractivity contribution in [1.82, 2.24) is 4.90 Å². The van der Waals surface area contributed by atoms with Crippen LogP contribution in [-0.2, 0) is 4.74 Å². The minimum atomic E-state index is -0.589. The van der Waals surface area contributed by atoms with Crippen molar-refractivity contribution in [2.75, 3.05) is 6.54 Å². The van der Waals surface area contributed by atoms with Gasteiger partial charge in [0.05, 0.1) is 17.8 Å². The molecular formula is C15H16FN3O2. The molecule has 0 radical (unpaired) electrons. The van der Waals surface area contributed by atoms with E-state index in [-0.39, 0.29) is 11.9 Å². The number of halogens is 1. The van der Waals surface area contributed by atoms with Crippen molar-refractivity contribution in [1.29, 1.82) is 5.53 Å². The first-order valence-corrected chi connectivity index (χ1v) is 6.78. The van der Waals surface area contributed by atoms with Crippen LogP contribution in [0.25, 0.3) is 0 Å². The second kappa shape index (κ2) is 5.65. The highest BCUT2D eigenvalue weighted by Crippen LogP contribution is 2.36. The van der Waals surface area contributed by atoms with Gasteiger partial charge >= 0.3 is 0 Å². The van der Waals surface area contributed by atoms with E-state index in [1.54, 1.807) is 12.1 Å². The summed E-state index contributed by atoms with van der Waals surface area (Å²) in [7, 11) is 0. The lowest BCUT2D eigenvalue weighted by Gasteiger charge is -2.29. The Morgan fingerprint density at radius 2 is 2.29 bits per heavy atom. The minimum Gasteiger partial charge on any atom is -0.469 e. The van der Waals surface area contributed by atoms with Gasteiger partial charge in [-0.1, -0.05) is 12.1 Å². The molecule has 0 aliphatic carbocycles. The number of β-amino-alcohol motifs (C(OH)–C–C–N with tert-alkyl or cyclic N) is 1. The number of hydrogen-bond donors (Lipinski definition) is 2. The molecule has 0 amide bonds. The lowest BCUT2D eigenvalue weighted by atomic mass is 10.0. The number of nitrogens with one attached hydrogen (secondary N) is 1. The van der Waals surface area contributed by atoms with E-state index >= 15 is 0 Å². The van der Waals surface area contributed by atoms with Gasteiger partial charge in [0, 0.05) is 6.54 Å². The monoisotopic (exact) mass is 289 g/mol. The number of ether oxygens (including phenoxy) is 1. The van der Waals surface area contributed by atoms with Crippen molar-refractivity contribution in [3.63, 3.8) is 0 Å². The summed E-state index contributed by atoms with van der Waals surface area (Å²) in [6.07, 6.45) is 4.51. The van der Waals surface area contributed by atoms with Crippen LogP contribution in [-0.4, -0.2) is 28.9 Å². The van der Waals surface area contributed by atoms with E-state index in [0.29, 0.717) is 13.0 Å². The molecule has 3 rings (SSSR count). The van der Waals surface area contributed by atoms with Crippen molar-refractivity contribution in [3.8, 4) is 0 Å². The third kappa shape index (κ3) is 2.80. The number of aliphatic hydroxyl groups is 1. The van der Waals surface area contributed by atoms with Crippen LogP contribution in [0.4, 0.5) is 4.39 Å². The average Bonchev–Trinajstić information content (AvgIpc) is 2.89. The molecule has 1 aromatic rings. The number of allylic oxidation sites excluding steroid dienone is 1. The van der Waals surface area contributed by atoms with Crippen LogP contribution in [0.5, 0.6) is 0 Å². The number of benzene rings is 1. The van der Waals surface area contributed by atoms with Gasteiger partial charge in [0.25, 0.3) is 0 Å². The highest BCUT2D eigenvalue weighted by Gasteiger charge is 2.33. The topological polar surface area (TPSA) is 68.9 Å². The molecule has 1 saturated heterocycles. The molecule has 2 heterocycles. The Morgan fingerprint density at radius 3 is 2.95 bits per heavy atom. The van der Waals surface area contributed by atoms with Gasteiger partial charge in [-0.05, 0) is 36.3 Å². The summed E-state index contributed by atoms with van der Waals surface area (Å²) in [5.41, 5.74) is 8.55. The summed E-state index contributed by atoms with van der Waals surface area (Å²) in [6.45, 7) is 0.462. The third-order valence-electron chi connectivity index (χ3n) is 3.73. The summed E-state index contributed by atoms with van der Waals surface area (Å²) in [4.78, 5) is 1.98. The van der Waals surface area contributed by atoms with Crippen LogP contribution in [0.3, 0.4) is 0 Å². The van der Waals surface area contributed by atoms with E-state index < -0.39 is 12.3 Å². The lowest BCUT2D eigenvalue weighted by molar-refractivity contribution is 0.161.